The van der Waals surface area contributed by atoms with E-state index in [-0.39, 0.29) is 44.6 Å². The number of rotatable bonds is 7. The van der Waals surface area contributed by atoms with Gasteiger partial charge in [0.15, 0.2) is 0 Å². The number of pyridine rings is 4. The fraction of sp³-hybridized carbons (Fsp3) is 0.333. The molecular formula is C84H92BClN6. The van der Waals surface area contributed by atoms with Crippen LogP contribution in [0.4, 0.5) is 34.1 Å². The Labute approximate surface area is 555 Å². The average molecular weight is 1230 g/mol. The van der Waals surface area contributed by atoms with E-state index in [1.165, 1.54) is 27.6 Å². The lowest BCUT2D eigenvalue weighted by molar-refractivity contribution is 0.569. The number of aromatic nitrogens is 4. The van der Waals surface area contributed by atoms with Crippen LogP contribution in [0.2, 0.25) is 5.02 Å². The van der Waals surface area contributed by atoms with Gasteiger partial charge in [-0.05, 0) is 164 Å². The lowest BCUT2D eigenvalue weighted by Gasteiger charge is -2.46. The summed E-state index contributed by atoms with van der Waals surface area (Å²) in [5, 5.41) is 0.651. The summed E-state index contributed by atoms with van der Waals surface area (Å²) >= 11 is 7.55. The first-order valence-corrected chi connectivity index (χ1v) is 33.4. The maximum atomic E-state index is 7.55. The molecule has 0 saturated carbocycles. The monoisotopic (exact) mass is 1230 g/mol. The summed E-state index contributed by atoms with van der Waals surface area (Å²) in [4.78, 5) is 28.0. The van der Waals surface area contributed by atoms with Crippen LogP contribution in [-0.4, -0.2) is 26.6 Å². The van der Waals surface area contributed by atoms with E-state index >= 15 is 0 Å². The van der Waals surface area contributed by atoms with E-state index in [1.54, 1.807) is 0 Å². The van der Waals surface area contributed by atoms with Crippen LogP contribution in [0.5, 0.6) is 0 Å². The van der Waals surface area contributed by atoms with E-state index in [4.69, 9.17) is 31.5 Å². The molecule has 0 saturated heterocycles. The number of fused-ring (bicyclic) bond motifs is 4. The topological polar surface area (TPSA) is 58.0 Å². The maximum absolute atomic E-state index is 7.55. The van der Waals surface area contributed by atoms with Gasteiger partial charge in [0, 0.05) is 94.5 Å². The summed E-state index contributed by atoms with van der Waals surface area (Å²) in [6.07, 6.45) is 0. The molecule has 0 amide bonds. The van der Waals surface area contributed by atoms with Crippen molar-refractivity contribution in [3.05, 3.63) is 220 Å². The quantitative estimate of drug-likeness (QED) is 0.148. The molecule has 4 aromatic heterocycles. The summed E-state index contributed by atoms with van der Waals surface area (Å²) in [5.74, 6) is 0. The van der Waals surface area contributed by atoms with E-state index in [0.717, 1.165) is 119 Å². The van der Waals surface area contributed by atoms with Gasteiger partial charge in [-0.1, -0.05) is 230 Å². The van der Waals surface area contributed by atoms with Gasteiger partial charge in [-0.25, -0.2) is 0 Å². The zero-order valence-corrected chi connectivity index (χ0v) is 59.1. The molecule has 6 aromatic carbocycles. The van der Waals surface area contributed by atoms with E-state index in [1.807, 2.05) is 0 Å². The van der Waals surface area contributed by atoms with Crippen molar-refractivity contribution >= 4 is 68.8 Å². The van der Waals surface area contributed by atoms with Crippen LogP contribution in [0.3, 0.4) is 0 Å². The lowest BCUT2D eigenvalue weighted by atomic mass is 9.33. The molecule has 0 fully saturated rings. The molecule has 6 heterocycles. The second kappa shape index (κ2) is 22.6. The number of benzene rings is 6. The Morgan fingerprint density at radius 3 is 1.01 bits per heavy atom. The fourth-order valence-electron chi connectivity index (χ4n) is 13.1. The van der Waals surface area contributed by atoms with Crippen LogP contribution in [0.25, 0.3) is 56.2 Å². The first-order valence-electron chi connectivity index (χ1n) is 33.0. The van der Waals surface area contributed by atoms with Gasteiger partial charge in [-0.15, -0.1) is 0 Å². The number of hydrogen-bond donors (Lipinski definition) is 0. The van der Waals surface area contributed by atoms with Crippen molar-refractivity contribution in [2.45, 2.75) is 183 Å². The third-order valence-corrected chi connectivity index (χ3v) is 18.8. The van der Waals surface area contributed by atoms with Gasteiger partial charge in [-0.2, -0.15) is 0 Å². The van der Waals surface area contributed by atoms with Crippen LogP contribution < -0.4 is 26.2 Å². The molecule has 6 nitrogen and oxygen atoms in total. The molecule has 0 N–H and O–H groups in total. The smallest absolute Gasteiger partial charge is 0.252 e. The number of nitrogens with zero attached hydrogens (tertiary/aromatic N) is 6. The minimum absolute atomic E-state index is 0.224. The van der Waals surface area contributed by atoms with Crippen molar-refractivity contribution in [3.8, 4) is 56.2 Å². The van der Waals surface area contributed by atoms with E-state index in [2.05, 4.69) is 331 Å². The summed E-state index contributed by atoms with van der Waals surface area (Å²) in [6, 6.07) is 65.6. The molecule has 2 aliphatic rings. The van der Waals surface area contributed by atoms with E-state index in [0.29, 0.717) is 5.02 Å². The zero-order valence-electron chi connectivity index (χ0n) is 58.4. The highest BCUT2D eigenvalue weighted by Gasteiger charge is 2.47. The van der Waals surface area contributed by atoms with Crippen LogP contribution in [0.15, 0.2) is 176 Å². The Bertz CT molecular complexity index is 4370. The summed E-state index contributed by atoms with van der Waals surface area (Å²) in [6.45, 7) is 47.7. The van der Waals surface area contributed by atoms with Gasteiger partial charge in [0.2, 0.25) is 0 Å². The molecule has 0 bridgehead atoms. The predicted octanol–water partition coefficient (Wildman–Crippen LogP) is 21.4. The highest BCUT2D eigenvalue weighted by Crippen LogP contribution is 2.55. The molecule has 0 atom stereocenters. The van der Waals surface area contributed by atoms with Crippen molar-refractivity contribution in [1.82, 2.24) is 19.9 Å². The van der Waals surface area contributed by atoms with Gasteiger partial charge < -0.3 is 9.80 Å². The summed E-state index contributed by atoms with van der Waals surface area (Å²) in [5.41, 5.74) is 25.6. The van der Waals surface area contributed by atoms with Crippen LogP contribution >= 0.6 is 11.6 Å². The molecule has 0 spiro atoms. The largest absolute Gasteiger partial charge is 0.310 e. The molecule has 0 aliphatic carbocycles. The van der Waals surface area contributed by atoms with Gasteiger partial charge in [0.1, 0.15) is 0 Å². The number of anilines is 6. The molecular weight excluding hydrogens is 1140 g/mol. The van der Waals surface area contributed by atoms with Crippen molar-refractivity contribution in [2.75, 3.05) is 9.80 Å². The molecule has 10 aromatic rings. The van der Waals surface area contributed by atoms with Crippen LogP contribution in [0, 0.1) is 0 Å². The second-order valence-corrected chi connectivity index (χ2v) is 33.5. The van der Waals surface area contributed by atoms with Crippen LogP contribution in [-0.2, 0) is 37.9 Å². The minimum atomic E-state index is -0.343. The van der Waals surface area contributed by atoms with Crippen LogP contribution in [0.1, 0.15) is 185 Å². The number of hydrogen-bond acceptors (Lipinski definition) is 6. The second-order valence-electron chi connectivity index (χ2n) is 33.1. The Morgan fingerprint density at radius 1 is 0.293 bits per heavy atom. The van der Waals surface area contributed by atoms with Crippen molar-refractivity contribution in [3.63, 3.8) is 0 Å². The van der Waals surface area contributed by atoms with E-state index in [9.17, 15) is 0 Å². The molecule has 2 aliphatic heterocycles. The molecule has 8 heteroatoms. The van der Waals surface area contributed by atoms with Crippen molar-refractivity contribution in [1.29, 1.82) is 0 Å². The Hall–Kier alpha value is -8.13. The van der Waals surface area contributed by atoms with Gasteiger partial charge >= 0.3 is 0 Å². The third-order valence-electron chi connectivity index (χ3n) is 18.6. The minimum Gasteiger partial charge on any atom is -0.310 e. The Kier molecular flexibility index (Phi) is 15.7. The van der Waals surface area contributed by atoms with Gasteiger partial charge in [0.05, 0.1) is 34.2 Å². The van der Waals surface area contributed by atoms with E-state index < -0.39 is 0 Å². The zero-order chi connectivity index (χ0) is 66.2. The van der Waals surface area contributed by atoms with Gasteiger partial charge in [0.25, 0.3) is 6.71 Å². The van der Waals surface area contributed by atoms with Crippen molar-refractivity contribution < 1.29 is 0 Å². The maximum Gasteiger partial charge on any atom is 0.252 e. The normalized spacial score (nSPS) is 13.7. The lowest BCUT2D eigenvalue weighted by Crippen LogP contribution is -2.61. The first kappa shape index (κ1) is 64.0. The Morgan fingerprint density at radius 2 is 0.652 bits per heavy atom. The Balaban J connectivity index is 1.32. The molecule has 468 valence electrons. The predicted molar refractivity (Wildman–Crippen MR) is 395 cm³/mol. The molecule has 92 heavy (non-hydrogen) atoms. The summed E-state index contributed by atoms with van der Waals surface area (Å²) in [7, 11) is 0. The van der Waals surface area contributed by atoms with Crippen molar-refractivity contribution in [2.24, 2.45) is 0 Å². The van der Waals surface area contributed by atoms with Gasteiger partial charge in [-0.3, -0.25) is 19.9 Å². The molecule has 12 rings (SSSR count). The highest BCUT2D eigenvalue weighted by atomic mass is 35.5. The SMILES string of the molecule is CC(C)(C)c1cc(-c2cccc(C(C)(C)C)n2)c(N2c3ccc(-c4ccccc4)cc3B3c4ccc(Cl)cc4N(c4c(-c5cccc(C(C)(C)C)n5)cc(C(C)(C)C)cc4-c4cccc(C(C)(C)C)n4)c4cc(C(C)(C)C)cc2c43)c(-c2cccc(C(C)(C)C)n2)c1. The number of halogens is 1. The molecule has 0 unspecified atom stereocenters. The first-order chi connectivity index (χ1) is 42.9. The fourth-order valence-corrected chi connectivity index (χ4v) is 13.3. The molecule has 0 radical (unpaired) electrons. The highest BCUT2D eigenvalue weighted by molar-refractivity contribution is 7.00. The average Bonchev–Trinajstić information content (AvgIpc) is 0.690. The summed E-state index contributed by atoms with van der Waals surface area (Å²) < 4.78 is 0. The third kappa shape index (κ3) is 11.9. The standard InChI is InChI=1S/C84H92BClN6/c1-78(2,3)53-44-57(63-31-25-35-71(87-63)81(10,11)12)76(58(45-53)64-32-26-36-72(88-64)82(13,14)15)91-67-42-39-52(51-29-23-22-24-30-51)43-62(67)85-61-41-40-56(86)50-68(61)92(70-49-55(80(7,8)9)48-69(91)75(70)85)77-59(65-33-27-37-73(89-65)83(16,17)18)46-54(79(4,5)6)47-60(77)66-34-28-38-74(90-66)84(19,20)21/h22-50H,1-21H3.